The number of anilines is 2. The van der Waals surface area contributed by atoms with Crippen LogP contribution in [0.3, 0.4) is 0 Å². The van der Waals surface area contributed by atoms with Crippen molar-refractivity contribution in [2.45, 2.75) is 19.3 Å². The molecule has 1 heterocycles. The van der Waals surface area contributed by atoms with Gasteiger partial charge in [-0.1, -0.05) is 74.5 Å². The Balaban J connectivity index is 1.22. The third-order valence-corrected chi connectivity index (χ3v) is 7.59. The minimum Gasteiger partial charge on any atom is -0.356 e. The van der Waals surface area contributed by atoms with Crippen molar-refractivity contribution in [3.63, 3.8) is 0 Å². The zero-order valence-electron chi connectivity index (χ0n) is 20.9. The van der Waals surface area contributed by atoms with Crippen molar-refractivity contribution >= 4 is 22.4 Å². The highest BCUT2D eigenvalue weighted by Crippen LogP contribution is 2.49. The summed E-state index contributed by atoms with van der Waals surface area (Å²) in [6.07, 6.45) is 0. The lowest BCUT2D eigenvalue weighted by Crippen LogP contribution is -2.15. The van der Waals surface area contributed by atoms with Crippen LogP contribution in [-0.4, -0.2) is 9.55 Å². The minimum absolute atomic E-state index is 0.00993. The Kier molecular flexibility index (Phi) is 4.80. The van der Waals surface area contributed by atoms with Gasteiger partial charge in [0.05, 0.1) is 11.0 Å². The second kappa shape index (κ2) is 8.21. The first-order valence-corrected chi connectivity index (χ1v) is 12.7. The number of aromatic nitrogens is 2. The first-order valence-electron chi connectivity index (χ1n) is 12.7. The number of rotatable bonds is 4. The Morgan fingerprint density at radius 3 is 2.14 bits per heavy atom. The van der Waals surface area contributed by atoms with Crippen LogP contribution >= 0.6 is 0 Å². The monoisotopic (exact) mass is 477 g/mol. The zero-order valence-corrected chi connectivity index (χ0v) is 20.9. The molecule has 0 atom stereocenters. The summed E-state index contributed by atoms with van der Waals surface area (Å²) < 4.78 is 2.23. The van der Waals surface area contributed by atoms with Crippen LogP contribution in [0.25, 0.3) is 39.2 Å². The molecule has 0 unspecified atom stereocenters. The van der Waals surface area contributed by atoms with Gasteiger partial charge < -0.3 is 5.32 Å². The van der Waals surface area contributed by atoms with Gasteiger partial charge in [-0.25, -0.2) is 4.98 Å². The lowest BCUT2D eigenvalue weighted by atomic mass is 9.82. The second-order valence-corrected chi connectivity index (χ2v) is 10.2. The number of benzene rings is 5. The molecule has 6 aromatic rings. The largest absolute Gasteiger partial charge is 0.356 e. The molecular formula is C34H27N3. The van der Waals surface area contributed by atoms with E-state index >= 15 is 0 Å². The Labute approximate surface area is 217 Å². The van der Waals surface area contributed by atoms with E-state index in [1.807, 2.05) is 12.1 Å². The third kappa shape index (κ3) is 3.47. The quantitative estimate of drug-likeness (QED) is 0.275. The Hall–Kier alpha value is -4.63. The molecule has 1 aliphatic rings. The molecule has 0 spiro atoms. The molecule has 0 radical (unpaired) electrons. The Morgan fingerprint density at radius 2 is 1.30 bits per heavy atom. The summed E-state index contributed by atoms with van der Waals surface area (Å²) in [4.78, 5) is 4.99. The summed E-state index contributed by atoms with van der Waals surface area (Å²) in [6, 6.07) is 42.8. The van der Waals surface area contributed by atoms with Gasteiger partial charge in [-0.15, -0.1) is 0 Å². The number of nitrogens with zero attached hydrogens (tertiary/aromatic N) is 2. The molecule has 37 heavy (non-hydrogen) atoms. The summed E-state index contributed by atoms with van der Waals surface area (Å²) in [5.41, 5.74) is 11.9. The maximum Gasteiger partial charge on any atom is 0.145 e. The van der Waals surface area contributed by atoms with Gasteiger partial charge in [0.15, 0.2) is 0 Å². The molecule has 0 amide bonds. The van der Waals surface area contributed by atoms with Crippen molar-refractivity contribution in [2.24, 2.45) is 0 Å². The first-order chi connectivity index (χ1) is 18.1. The van der Waals surface area contributed by atoms with E-state index in [-0.39, 0.29) is 5.41 Å². The van der Waals surface area contributed by atoms with Crippen molar-refractivity contribution in [3.05, 3.63) is 132 Å². The van der Waals surface area contributed by atoms with E-state index in [0.717, 1.165) is 39.5 Å². The van der Waals surface area contributed by atoms with Crippen LogP contribution in [0.1, 0.15) is 25.0 Å². The highest BCUT2D eigenvalue weighted by molar-refractivity contribution is 5.84. The topological polar surface area (TPSA) is 29.9 Å². The van der Waals surface area contributed by atoms with Crippen LogP contribution < -0.4 is 5.32 Å². The van der Waals surface area contributed by atoms with Gasteiger partial charge >= 0.3 is 0 Å². The molecule has 0 bridgehead atoms. The van der Waals surface area contributed by atoms with Crippen LogP contribution in [-0.2, 0) is 5.41 Å². The van der Waals surface area contributed by atoms with Crippen molar-refractivity contribution in [2.75, 3.05) is 5.32 Å². The fourth-order valence-electron chi connectivity index (χ4n) is 5.71. The molecular weight excluding hydrogens is 450 g/mol. The van der Waals surface area contributed by atoms with Crippen LogP contribution in [0.5, 0.6) is 0 Å². The molecule has 7 rings (SSSR count). The molecule has 1 N–H and O–H groups in total. The van der Waals surface area contributed by atoms with Gasteiger partial charge in [-0.3, -0.25) is 4.57 Å². The molecule has 0 aliphatic heterocycles. The van der Waals surface area contributed by atoms with Crippen LogP contribution in [0.15, 0.2) is 121 Å². The highest BCUT2D eigenvalue weighted by Gasteiger charge is 2.35. The van der Waals surface area contributed by atoms with Crippen molar-refractivity contribution in [3.8, 4) is 28.2 Å². The highest BCUT2D eigenvalue weighted by atomic mass is 15.1. The molecule has 5 aromatic carbocycles. The smallest absolute Gasteiger partial charge is 0.145 e. The van der Waals surface area contributed by atoms with Gasteiger partial charge in [0, 0.05) is 28.0 Å². The lowest BCUT2D eigenvalue weighted by molar-refractivity contribution is 0.660. The number of fused-ring (bicyclic) bond motifs is 4. The van der Waals surface area contributed by atoms with E-state index in [9.17, 15) is 0 Å². The van der Waals surface area contributed by atoms with Crippen LogP contribution in [0.4, 0.5) is 11.4 Å². The summed E-state index contributed by atoms with van der Waals surface area (Å²) in [5, 5.41) is 3.62. The zero-order chi connectivity index (χ0) is 25.0. The number of imidazole rings is 1. The van der Waals surface area contributed by atoms with Gasteiger partial charge in [0.2, 0.25) is 0 Å². The molecule has 178 valence electrons. The number of para-hydroxylation sites is 3. The molecule has 0 fully saturated rings. The van der Waals surface area contributed by atoms with Gasteiger partial charge in [-0.05, 0) is 82.9 Å². The number of hydrogen-bond donors (Lipinski definition) is 1. The van der Waals surface area contributed by atoms with E-state index in [1.54, 1.807) is 0 Å². The fraction of sp³-hybridized carbons (Fsp3) is 0.0882. The van der Waals surface area contributed by atoms with Gasteiger partial charge in [0.25, 0.3) is 0 Å². The van der Waals surface area contributed by atoms with E-state index in [4.69, 9.17) is 4.98 Å². The predicted octanol–water partition coefficient (Wildman–Crippen LogP) is 8.74. The number of hydrogen-bond acceptors (Lipinski definition) is 2. The normalized spacial score (nSPS) is 13.4. The van der Waals surface area contributed by atoms with Crippen LogP contribution in [0.2, 0.25) is 0 Å². The average Bonchev–Trinajstić information content (AvgIpc) is 3.43. The number of nitrogens with one attached hydrogen (secondary N) is 1. The second-order valence-electron chi connectivity index (χ2n) is 10.2. The maximum atomic E-state index is 4.99. The fourth-order valence-corrected chi connectivity index (χ4v) is 5.71. The Bertz CT molecular complexity index is 1760. The van der Waals surface area contributed by atoms with Crippen molar-refractivity contribution in [1.29, 1.82) is 0 Å². The minimum atomic E-state index is -0.00993. The van der Waals surface area contributed by atoms with Crippen LogP contribution in [0, 0.1) is 0 Å². The lowest BCUT2D eigenvalue weighted by Gasteiger charge is -2.22. The SMILES string of the molecule is CC1(C)c2ccccc2-c2ccc(Nc3ccc(-c4nc5ccccc5n4-c4ccccc4)cc3)cc21. The molecule has 3 heteroatoms. The molecule has 0 saturated heterocycles. The third-order valence-electron chi connectivity index (χ3n) is 7.59. The summed E-state index contributed by atoms with van der Waals surface area (Å²) in [5.74, 6) is 0.941. The summed E-state index contributed by atoms with van der Waals surface area (Å²) >= 11 is 0. The molecule has 3 nitrogen and oxygen atoms in total. The van der Waals surface area contributed by atoms with E-state index < -0.39 is 0 Å². The molecule has 1 aliphatic carbocycles. The summed E-state index contributed by atoms with van der Waals surface area (Å²) in [6.45, 7) is 4.63. The van der Waals surface area contributed by atoms with Crippen molar-refractivity contribution < 1.29 is 0 Å². The maximum absolute atomic E-state index is 4.99. The Morgan fingerprint density at radius 1 is 0.622 bits per heavy atom. The van der Waals surface area contributed by atoms with E-state index in [2.05, 4.69) is 133 Å². The van der Waals surface area contributed by atoms with Gasteiger partial charge in [-0.2, -0.15) is 0 Å². The van der Waals surface area contributed by atoms with Gasteiger partial charge in [0.1, 0.15) is 5.82 Å². The summed E-state index contributed by atoms with van der Waals surface area (Å²) in [7, 11) is 0. The standard InChI is InChI=1S/C34H27N3/c1-34(2)29-13-7-6-12-27(29)28-21-20-25(22-30(28)34)35-24-18-16-23(17-19-24)33-36-31-14-8-9-15-32(31)37(33)26-10-4-3-5-11-26/h3-22,35H,1-2H3. The molecule has 0 saturated carbocycles. The average molecular weight is 478 g/mol. The predicted molar refractivity (Wildman–Crippen MR) is 154 cm³/mol. The van der Waals surface area contributed by atoms with Crippen molar-refractivity contribution in [1.82, 2.24) is 9.55 Å². The molecule has 1 aromatic heterocycles. The first kappa shape index (κ1) is 21.6. The van der Waals surface area contributed by atoms with E-state index in [0.29, 0.717) is 0 Å². The van der Waals surface area contributed by atoms with E-state index in [1.165, 1.54) is 22.3 Å².